The number of hydrogen-bond donors (Lipinski definition) is 0. The number of hydrogen-bond acceptors (Lipinski definition) is 3. The summed E-state index contributed by atoms with van der Waals surface area (Å²) in [5.41, 5.74) is 3.20. The number of carbonyl (C=O) groups excluding carboxylic acids is 1. The van der Waals surface area contributed by atoms with Crippen molar-refractivity contribution in [2.45, 2.75) is 33.3 Å². The van der Waals surface area contributed by atoms with Crippen molar-refractivity contribution >= 4 is 17.0 Å². The molecule has 4 heteroatoms. The van der Waals surface area contributed by atoms with Crippen LogP contribution in [0.2, 0.25) is 0 Å². The number of aryl methyl sites for hydroxylation is 1. The first kappa shape index (κ1) is 15.3. The smallest absolute Gasteiger partial charge is 0.419 e. The van der Waals surface area contributed by atoms with Crippen molar-refractivity contribution in [1.82, 2.24) is 9.55 Å². The Morgan fingerprint density at radius 3 is 2.48 bits per heavy atom. The third-order valence-corrected chi connectivity index (χ3v) is 3.53. The van der Waals surface area contributed by atoms with E-state index in [1.807, 2.05) is 64.1 Å². The molecule has 0 saturated carbocycles. The van der Waals surface area contributed by atoms with E-state index >= 15 is 0 Å². The van der Waals surface area contributed by atoms with Crippen LogP contribution in [0.3, 0.4) is 0 Å². The largest absolute Gasteiger partial charge is 0.443 e. The van der Waals surface area contributed by atoms with Crippen LogP contribution in [0.15, 0.2) is 48.8 Å². The molecule has 0 aliphatic heterocycles. The average Bonchev–Trinajstić information content (AvgIpc) is 2.85. The molecule has 0 amide bonds. The number of pyridine rings is 1. The van der Waals surface area contributed by atoms with Gasteiger partial charge in [-0.15, -0.1) is 0 Å². The molecule has 0 radical (unpaired) electrons. The van der Waals surface area contributed by atoms with E-state index in [9.17, 15) is 4.79 Å². The topological polar surface area (TPSA) is 44.1 Å². The summed E-state index contributed by atoms with van der Waals surface area (Å²) in [7, 11) is 0. The van der Waals surface area contributed by atoms with E-state index < -0.39 is 5.60 Å². The second-order valence-corrected chi connectivity index (χ2v) is 6.65. The van der Waals surface area contributed by atoms with Crippen LogP contribution in [0.25, 0.3) is 22.2 Å². The Morgan fingerprint density at radius 2 is 1.83 bits per heavy atom. The molecule has 0 saturated heterocycles. The number of nitrogens with zero attached hydrogens (tertiary/aromatic N) is 2. The summed E-state index contributed by atoms with van der Waals surface area (Å²) in [6.07, 6.45) is 3.06. The fourth-order valence-electron chi connectivity index (χ4n) is 2.50. The molecular formula is C19H20N2O2. The van der Waals surface area contributed by atoms with Gasteiger partial charge in [0.05, 0.1) is 11.2 Å². The highest BCUT2D eigenvalue weighted by Gasteiger charge is 2.22. The summed E-state index contributed by atoms with van der Waals surface area (Å²) < 4.78 is 7.20. The maximum Gasteiger partial charge on any atom is 0.419 e. The molecule has 3 aromatic rings. The zero-order valence-corrected chi connectivity index (χ0v) is 13.8. The van der Waals surface area contributed by atoms with Gasteiger partial charge in [-0.05, 0) is 45.4 Å². The van der Waals surface area contributed by atoms with Crippen LogP contribution in [-0.4, -0.2) is 21.2 Å². The Labute approximate surface area is 135 Å². The SMILES string of the molecule is Cc1ccc(-c2cc3cnccc3n2C(=O)OC(C)(C)C)cc1. The van der Waals surface area contributed by atoms with Gasteiger partial charge in [0.2, 0.25) is 0 Å². The third-order valence-electron chi connectivity index (χ3n) is 3.53. The van der Waals surface area contributed by atoms with Crippen molar-refractivity contribution in [1.29, 1.82) is 0 Å². The highest BCUT2D eigenvalue weighted by Crippen LogP contribution is 2.29. The minimum absolute atomic E-state index is 0.380. The number of benzene rings is 1. The molecule has 23 heavy (non-hydrogen) atoms. The molecule has 4 nitrogen and oxygen atoms in total. The van der Waals surface area contributed by atoms with E-state index in [4.69, 9.17) is 4.74 Å². The zero-order valence-electron chi connectivity index (χ0n) is 13.8. The summed E-state index contributed by atoms with van der Waals surface area (Å²) in [6, 6.07) is 11.9. The van der Waals surface area contributed by atoms with Gasteiger partial charge in [0.25, 0.3) is 0 Å². The predicted octanol–water partition coefficient (Wildman–Crippen LogP) is 4.79. The van der Waals surface area contributed by atoms with E-state index in [2.05, 4.69) is 4.98 Å². The first-order valence-electron chi connectivity index (χ1n) is 7.61. The molecular weight excluding hydrogens is 288 g/mol. The third kappa shape index (κ3) is 3.11. The Balaban J connectivity index is 2.19. The van der Waals surface area contributed by atoms with E-state index in [0.717, 1.165) is 22.2 Å². The van der Waals surface area contributed by atoms with Gasteiger partial charge in [0, 0.05) is 17.8 Å². The highest BCUT2D eigenvalue weighted by molar-refractivity contribution is 5.95. The quantitative estimate of drug-likeness (QED) is 0.649. The maximum atomic E-state index is 12.7. The molecule has 0 bridgehead atoms. The predicted molar refractivity (Wildman–Crippen MR) is 91.5 cm³/mol. The Morgan fingerprint density at radius 1 is 1.13 bits per heavy atom. The molecule has 0 spiro atoms. The normalized spacial score (nSPS) is 11.7. The molecule has 2 heterocycles. The fraction of sp³-hybridized carbons (Fsp3) is 0.263. The van der Waals surface area contributed by atoms with Gasteiger partial charge in [-0.3, -0.25) is 4.98 Å². The van der Waals surface area contributed by atoms with Crippen molar-refractivity contribution in [3.05, 3.63) is 54.4 Å². The first-order valence-corrected chi connectivity index (χ1v) is 7.61. The lowest BCUT2D eigenvalue weighted by Gasteiger charge is -2.21. The van der Waals surface area contributed by atoms with Crippen LogP contribution in [0.4, 0.5) is 4.79 Å². The molecule has 0 aliphatic rings. The van der Waals surface area contributed by atoms with E-state index in [1.54, 1.807) is 17.0 Å². The number of ether oxygens (including phenoxy) is 1. The van der Waals surface area contributed by atoms with Crippen LogP contribution in [-0.2, 0) is 4.74 Å². The number of aromatic nitrogens is 2. The standard InChI is InChI=1S/C19H20N2O2/c1-13-5-7-14(8-6-13)17-11-15-12-20-10-9-16(15)21(17)18(22)23-19(2,3)4/h5-12H,1-4H3. The Bertz CT molecular complexity index is 855. The fourth-order valence-corrected chi connectivity index (χ4v) is 2.50. The second-order valence-electron chi connectivity index (χ2n) is 6.65. The lowest BCUT2D eigenvalue weighted by Crippen LogP contribution is -2.27. The van der Waals surface area contributed by atoms with Gasteiger partial charge < -0.3 is 4.74 Å². The summed E-state index contributed by atoms with van der Waals surface area (Å²) in [5.74, 6) is 0. The highest BCUT2D eigenvalue weighted by atomic mass is 16.6. The summed E-state index contributed by atoms with van der Waals surface area (Å²) in [4.78, 5) is 16.9. The second kappa shape index (κ2) is 5.54. The Hall–Kier alpha value is -2.62. The van der Waals surface area contributed by atoms with Crippen LogP contribution < -0.4 is 0 Å². The van der Waals surface area contributed by atoms with E-state index in [-0.39, 0.29) is 6.09 Å². The molecule has 0 fully saturated rings. The number of fused-ring (bicyclic) bond motifs is 1. The summed E-state index contributed by atoms with van der Waals surface area (Å²) in [6.45, 7) is 7.63. The average molecular weight is 308 g/mol. The van der Waals surface area contributed by atoms with Crippen molar-refractivity contribution in [3.63, 3.8) is 0 Å². The molecule has 3 rings (SSSR count). The van der Waals surface area contributed by atoms with Crippen molar-refractivity contribution < 1.29 is 9.53 Å². The summed E-state index contributed by atoms with van der Waals surface area (Å²) >= 11 is 0. The lowest BCUT2D eigenvalue weighted by molar-refractivity contribution is 0.0547. The molecule has 1 aromatic carbocycles. The van der Waals surface area contributed by atoms with Crippen LogP contribution in [0, 0.1) is 6.92 Å². The summed E-state index contributed by atoms with van der Waals surface area (Å²) in [5, 5.41) is 0.911. The number of rotatable bonds is 1. The maximum absolute atomic E-state index is 12.7. The van der Waals surface area contributed by atoms with Gasteiger partial charge in [-0.1, -0.05) is 29.8 Å². The molecule has 0 unspecified atom stereocenters. The lowest BCUT2D eigenvalue weighted by atomic mass is 10.1. The van der Waals surface area contributed by atoms with Crippen molar-refractivity contribution in [2.24, 2.45) is 0 Å². The van der Waals surface area contributed by atoms with Crippen LogP contribution in [0.5, 0.6) is 0 Å². The number of carbonyl (C=O) groups is 1. The minimum Gasteiger partial charge on any atom is -0.443 e. The first-order chi connectivity index (χ1) is 10.8. The van der Waals surface area contributed by atoms with Crippen molar-refractivity contribution in [3.8, 4) is 11.3 Å². The monoisotopic (exact) mass is 308 g/mol. The van der Waals surface area contributed by atoms with E-state index in [1.165, 1.54) is 5.56 Å². The van der Waals surface area contributed by atoms with Gasteiger partial charge >= 0.3 is 6.09 Å². The van der Waals surface area contributed by atoms with Gasteiger partial charge in [0.15, 0.2) is 0 Å². The van der Waals surface area contributed by atoms with E-state index in [0.29, 0.717) is 0 Å². The van der Waals surface area contributed by atoms with Crippen LogP contribution >= 0.6 is 0 Å². The van der Waals surface area contributed by atoms with Gasteiger partial charge in [-0.2, -0.15) is 0 Å². The molecule has 118 valence electrons. The zero-order chi connectivity index (χ0) is 16.6. The molecule has 0 aliphatic carbocycles. The molecule has 0 N–H and O–H groups in total. The Kier molecular flexibility index (Phi) is 3.68. The molecule has 2 aromatic heterocycles. The van der Waals surface area contributed by atoms with Crippen molar-refractivity contribution in [2.75, 3.05) is 0 Å². The van der Waals surface area contributed by atoms with Gasteiger partial charge in [-0.25, -0.2) is 9.36 Å². The van der Waals surface area contributed by atoms with Gasteiger partial charge in [0.1, 0.15) is 5.60 Å². The minimum atomic E-state index is -0.550. The van der Waals surface area contributed by atoms with Crippen LogP contribution in [0.1, 0.15) is 26.3 Å². The molecule has 0 atom stereocenters.